The van der Waals surface area contributed by atoms with Crippen LogP contribution in [0.15, 0.2) is 30.3 Å². The summed E-state index contributed by atoms with van der Waals surface area (Å²) >= 11 is 0. The molecule has 0 spiro atoms. The molecule has 0 saturated carbocycles. The summed E-state index contributed by atoms with van der Waals surface area (Å²) in [6, 6.07) is 10.3. The third-order valence-corrected chi connectivity index (χ3v) is 3.44. The molecule has 2 aromatic carbocycles. The van der Waals surface area contributed by atoms with E-state index in [9.17, 15) is 4.79 Å². The molecule has 0 aliphatic carbocycles. The summed E-state index contributed by atoms with van der Waals surface area (Å²) in [5.74, 6) is 0.791. The number of aldehydes is 1. The Morgan fingerprint density at radius 3 is 2.11 bits per heavy atom. The molecule has 0 bridgehead atoms. The van der Waals surface area contributed by atoms with Gasteiger partial charge in [0.15, 0.2) is 0 Å². The SMILES string of the molecule is CC(C)c1c(C=O)cc2ccccc2c1C(C)C. The summed E-state index contributed by atoms with van der Waals surface area (Å²) in [5.41, 5.74) is 3.37. The summed E-state index contributed by atoms with van der Waals surface area (Å²) in [5, 5.41) is 2.44. The first-order chi connectivity index (χ1) is 8.56. The molecular formula is C17H20O. The van der Waals surface area contributed by atoms with Gasteiger partial charge >= 0.3 is 0 Å². The molecule has 18 heavy (non-hydrogen) atoms. The van der Waals surface area contributed by atoms with E-state index in [1.807, 2.05) is 12.1 Å². The van der Waals surface area contributed by atoms with Crippen LogP contribution >= 0.6 is 0 Å². The zero-order valence-corrected chi connectivity index (χ0v) is 11.5. The summed E-state index contributed by atoms with van der Waals surface area (Å²) in [4.78, 5) is 11.4. The van der Waals surface area contributed by atoms with Gasteiger partial charge in [0.25, 0.3) is 0 Å². The highest BCUT2D eigenvalue weighted by Crippen LogP contribution is 2.35. The molecule has 0 radical (unpaired) electrons. The van der Waals surface area contributed by atoms with Crippen LogP contribution in [0.1, 0.15) is 61.0 Å². The fraction of sp³-hybridized carbons (Fsp3) is 0.353. The number of hydrogen-bond donors (Lipinski definition) is 0. The third kappa shape index (κ3) is 2.05. The zero-order valence-electron chi connectivity index (χ0n) is 11.5. The predicted molar refractivity (Wildman–Crippen MR) is 77.5 cm³/mol. The summed E-state index contributed by atoms with van der Waals surface area (Å²) in [6.07, 6.45) is 0.994. The lowest BCUT2D eigenvalue weighted by molar-refractivity contribution is 0.112. The maximum absolute atomic E-state index is 11.4. The molecule has 0 unspecified atom stereocenters. The average molecular weight is 240 g/mol. The zero-order chi connectivity index (χ0) is 13.3. The van der Waals surface area contributed by atoms with Gasteiger partial charge in [-0.25, -0.2) is 0 Å². The van der Waals surface area contributed by atoms with Crippen LogP contribution in [0, 0.1) is 0 Å². The lowest BCUT2D eigenvalue weighted by Gasteiger charge is -2.21. The van der Waals surface area contributed by atoms with E-state index in [2.05, 4.69) is 45.9 Å². The van der Waals surface area contributed by atoms with Crippen molar-refractivity contribution in [1.29, 1.82) is 0 Å². The van der Waals surface area contributed by atoms with E-state index in [1.54, 1.807) is 0 Å². The quantitative estimate of drug-likeness (QED) is 0.697. The lowest BCUT2D eigenvalue weighted by atomic mass is 9.83. The highest BCUT2D eigenvalue weighted by molar-refractivity contribution is 5.94. The second-order valence-corrected chi connectivity index (χ2v) is 5.44. The molecule has 0 fully saturated rings. The molecule has 0 amide bonds. The topological polar surface area (TPSA) is 17.1 Å². The molecular weight excluding hydrogens is 220 g/mol. The Morgan fingerprint density at radius 2 is 1.56 bits per heavy atom. The molecule has 94 valence electrons. The molecule has 0 aliphatic rings. The monoisotopic (exact) mass is 240 g/mol. The van der Waals surface area contributed by atoms with Crippen LogP contribution in [0.25, 0.3) is 10.8 Å². The Morgan fingerprint density at radius 1 is 0.944 bits per heavy atom. The molecule has 2 aromatic rings. The van der Waals surface area contributed by atoms with Crippen LogP contribution < -0.4 is 0 Å². The Bertz CT molecular complexity index is 579. The Balaban J connectivity index is 2.93. The van der Waals surface area contributed by atoms with Crippen molar-refractivity contribution in [3.8, 4) is 0 Å². The first-order valence-electron chi connectivity index (χ1n) is 6.57. The fourth-order valence-electron chi connectivity index (χ4n) is 2.78. The van der Waals surface area contributed by atoms with E-state index in [0.29, 0.717) is 11.8 Å². The smallest absolute Gasteiger partial charge is 0.150 e. The van der Waals surface area contributed by atoms with Gasteiger partial charge in [-0.2, -0.15) is 0 Å². The first-order valence-corrected chi connectivity index (χ1v) is 6.57. The van der Waals surface area contributed by atoms with E-state index in [1.165, 1.54) is 16.5 Å². The molecule has 0 aromatic heterocycles. The minimum Gasteiger partial charge on any atom is -0.298 e. The minimum atomic E-state index is 0.368. The Hall–Kier alpha value is -1.63. The maximum atomic E-state index is 11.4. The number of benzene rings is 2. The first kappa shape index (κ1) is 12.8. The van der Waals surface area contributed by atoms with Gasteiger partial charge in [0, 0.05) is 5.56 Å². The number of carbonyl (C=O) groups excluding carboxylic acids is 1. The van der Waals surface area contributed by atoms with Crippen molar-refractivity contribution in [3.63, 3.8) is 0 Å². The Labute approximate surface area is 109 Å². The molecule has 1 heteroatoms. The van der Waals surface area contributed by atoms with Crippen molar-refractivity contribution in [2.24, 2.45) is 0 Å². The van der Waals surface area contributed by atoms with Gasteiger partial charge in [-0.3, -0.25) is 4.79 Å². The number of fused-ring (bicyclic) bond motifs is 1. The van der Waals surface area contributed by atoms with E-state index in [-0.39, 0.29) is 0 Å². The second kappa shape index (κ2) is 4.93. The van der Waals surface area contributed by atoms with Gasteiger partial charge in [0.2, 0.25) is 0 Å². The van der Waals surface area contributed by atoms with Crippen LogP contribution in [0.4, 0.5) is 0 Å². The highest BCUT2D eigenvalue weighted by atomic mass is 16.1. The van der Waals surface area contributed by atoms with E-state index in [0.717, 1.165) is 17.2 Å². The fourth-order valence-corrected chi connectivity index (χ4v) is 2.78. The normalized spacial score (nSPS) is 11.4. The number of carbonyl (C=O) groups is 1. The van der Waals surface area contributed by atoms with E-state index < -0.39 is 0 Å². The van der Waals surface area contributed by atoms with Crippen LogP contribution in [0.2, 0.25) is 0 Å². The van der Waals surface area contributed by atoms with Crippen LogP contribution in [0.3, 0.4) is 0 Å². The largest absolute Gasteiger partial charge is 0.298 e. The summed E-state index contributed by atoms with van der Waals surface area (Å²) < 4.78 is 0. The van der Waals surface area contributed by atoms with Crippen molar-refractivity contribution in [1.82, 2.24) is 0 Å². The molecule has 1 nitrogen and oxygen atoms in total. The van der Waals surface area contributed by atoms with Crippen molar-refractivity contribution in [3.05, 3.63) is 47.0 Å². The summed E-state index contributed by atoms with van der Waals surface area (Å²) in [7, 11) is 0. The van der Waals surface area contributed by atoms with Crippen LogP contribution in [0.5, 0.6) is 0 Å². The van der Waals surface area contributed by atoms with Crippen molar-refractivity contribution >= 4 is 17.1 Å². The van der Waals surface area contributed by atoms with E-state index >= 15 is 0 Å². The van der Waals surface area contributed by atoms with E-state index in [4.69, 9.17) is 0 Å². The number of hydrogen-bond acceptors (Lipinski definition) is 1. The second-order valence-electron chi connectivity index (χ2n) is 5.44. The van der Waals surface area contributed by atoms with Gasteiger partial charge < -0.3 is 0 Å². The number of rotatable bonds is 3. The van der Waals surface area contributed by atoms with Gasteiger partial charge in [0.05, 0.1) is 0 Å². The van der Waals surface area contributed by atoms with Gasteiger partial charge in [-0.05, 0) is 39.8 Å². The van der Waals surface area contributed by atoms with Gasteiger partial charge in [-0.1, -0.05) is 52.0 Å². The molecule has 0 atom stereocenters. The molecule has 0 saturated heterocycles. The van der Waals surface area contributed by atoms with Gasteiger partial charge in [0.1, 0.15) is 6.29 Å². The molecule has 0 heterocycles. The molecule has 0 aliphatic heterocycles. The van der Waals surface area contributed by atoms with Crippen molar-refractivity contribution < 1.29 is 4.79 Å². The van der Waals surface area contributed by atoms with Crippen molar-refractivity contribution in [2.45, 2.75) is 39.5 Å². The van der Waals surface area contributed by atoms with Crippen LogP contribution in [-0.2, 0) is 0 Å². The maximum Gasteiger partial charge on any atom is 0.150 e. The Kier molecular flexibility index (Phi) is 3.51. The molecule has 0 N–H and O–H groups in total. The highest BCUT2D eigenvalue weighted by Gasteiger charge is 2.17. The third-order valence-electron chi connectivity index (χ3n) is 3.44. The summed E-state index contributed by atoms with van der Waals surface area (Å²) in [6.45, 7) is 8.70. The van der Waals surface area contributed by atoms with Gasteiger partial charge in [-0.15, -0.1) is 0 Å². The lowest BCUT2D eigenvalue weighted by Crippen LogP contribution is -2.04. The predicted octanol–water partition coefficient (Wildman–Crippen LogP) is 4.90. The molecule has 2 rings (SSSR count). The minimum absolute atomic E-state index is 0.368. The standard InChI is InChI=1S/C17H20O/c1-11(2)16-14(10-18)9-13-7-5-6-8-15(13)17(16)12(3)4/h5-12H,1-4H3. The average Bonchev–Trinajstić information content (AvgIpc) is 2.35. The van der Waals surface area contributed by atoms with Crippen molar-refractivity contribution in [2.75, 3.05) is 0 Å². The van der Waals surface area contributed by atoms with Crippen LogP contribution in [-0.4, -0.2) is 6.29 Å².